The fourth-order valence-corrected chi connectivity index (χ4v) is 2.69. The SMILES string of the molecule is Nc1ccc(-c2ccc(N)cc2C(Br)(Br)Br)cc1. The van der Waals surface area contributed by atoms with Crippen molar-refractivity contribution in [3.63, 3.8) is 0 Å². The molecule has 0 radical (unpaired) electrons. The fraction of sp³-hybridized carbons (Fsp3) is 0.0769. The summed E-state index contributed by atoms with van der Waals surface area (Å²) < 4.78 is -0.501. The molecule has 0 heterocycles. The van der Waals surface area contributed by atoms with Crippen molar-refractivity contribution < 1.29 is 0 Å². The summed E-state index contributed by atoms with van der Waals surface area (Å²) in [4.78, 5) is 0. The van der Waals surface area contributed by atoms with E-state index in [1.165, 1.54) is 0 Å². The van der Waals surface area contributed by atoms with Gasteiger partial charge in [-0.1, -0.05) is 66.0 Å². The van der Waals surface area contributed by atoms with Gasteiger partial charge in [-0.05, 0) is 41.0 Å². The molecule has 4 N–H and O–H groups in total. The average Bonchev–Trinajstić information content (AvgIpc) is 2.29. The number of anilines is 2. The van der Waals surface area contributed by atoms with Crippen molar-refractivity contribution in [2.24, 2.45) is 0 Å². The molecule has 0 aliphatic heterocycles. The molecule has 2 rings (SSSR count). The predicted octanol–water partition coefficient (Wildman–Crippen LogP) is 4.81. The van der Waals surface area contributed by atoms with Gasteiger partial charge in [0.15, 0.2) is 2.14 Å². The van der Waals surface area contributed by atoms with Crippen molar-refractivity contribution in [1.29, 1.82) is 0 Å². The molecule has 0 atom stereocenters. The normalized spacial score (nSPS) is 11.5. The highest BCUT2D eigenvalue weighted by Gasteiger charge is 2.25. The third kappa shape index (κ3) is 3.08. The van der Waals surface area contributed by atoms with Crippen LogP contribution in [-0.2, 0) is 2.14 Å². The Morgan fingerprint density at radius 1 is 0.778 bits per heavy atom. The molecule has 5 heteroatoms. The lowest BCUT2D eigenvalue weighted by molar-refractivity contribution is 1.37. The van der Waals surface area contributed by atoms with Crippen molar-refractivity contribution in [1.82, 2.24) is 0 Å². The van der Waals surface area contributed by atoms with E-state index in [1.54, 1.807) is 0 Å². The first kappa shape index (κ1) is 13.9. The van der Waals surface area contributed by atoms with Crippen LogP contribution in [0.2, 0.25) is 0 Å². The highest BCUT2D eigenvalue weighted by Crippen LogP contribution is 2.48. The van der Waals surface area contributed by atoms with Gasteiger partial charge >= 0.3 is 0 Å². The minimum Gasteiger partial charge on any atom is -0.399 e. The van der Waals surface area contributed by atoms with E-state index in [0.29, 0.717) is 5.69 Å². The van der Waals surface area contributed by atoms with Gasteiger partial charge in [-0.2, -0.15) is 0 Å². The van der Waals surface area contributed by atoms with Gasteiger partial charge in [-0.15, -0.1) is 0 Å². The summed E-state index contributed by atoms with van der Waals surface area (Å²) in [6.45, 7) is 0. The summed E-state index contributed by atoms with van der Waals surface area (Å²) in [6, 6.07) is 13.5. The molecule has 0 aromatic heterocycles. The van der Waals surface area contributed by atoms with Gasteiger partial charge in [0.2, 0.25) is 0 Å². The first-order valence-electron chi connectivity index (χ1n) is 5.20. The fourth-order valence-electron chi connectivity index (χ4n) is 1.71. The van der Waals surface area contributed by atoms with Crippen LogP contribution in [0.3, 0.4) is 0 Å². The predicted molar refractivity (Wildman–Crippen MR) is 89.2 cm³/mol. The Labute approximate surface area is 131 Å². The number of benzene rings is 2. The van der Waals surface area contributed by atoms with Crippen molar-refractivity contribution in [2.75, 3.05) is 11.5 Å². The molecule has 0 saturated carbocycles. The lowest BCUT2D eigenvalue weighted by Gasteiger charge is -2.18. The highest BCUT2D eigenvalue weighted by molar-refractivity contribution is 9.38. The van der Waals surface area contributed by atoms with Gasteiger partial charge in [0.05, 0.1) is 0 Å². The van der Waals surface area contributed by atoms with Crippen LogP contribution >= 0.6 is 47.8 Å². The number of alkyl halides is 3. The maximum absolute atomic E-state index is 5.84. The van der Waals surface area contributed by atoms with Crippen LogP contribution in [0.25, 0.3) is 11.1 Å². The van der Waals surface area contributed by atoms with Crippen LogP contribution < -0.4 is 11.5 Å². The molecular formula is C13H11Br3N2. The molecule has 0 aliphatic rings. The van der Waals surface area contributed by atoms with Crippen LogP contribution in [0.15, 0.2) is 42.5 Å². The van der Waals surface area contributed by atoms with Gasteiger partial charge in [0.25, 0.3) is 0 Å². The van der Waals surface area contributed by atoms with Gasteiger partial charge in [-0.3, -0.25) is 0 Å². The van der Waals surface area contributed by atoms with E-state index in [4.69, 9.17) is 11.5 Å². The van der Waals surface area contributed by atoms with Crippen molar-refractivity contribution in [3.05, 3.63) is 48.0 Å². The van der Waals surface area contributed by atoms with Gasteiger partial charge < -0.3 is 11.5 Å². The Morgan fingerprint density at radius 3 is 1.89 bits per heavy atom. The molecule has 0 bridgehead atoms. The van der Waals surface area contributed by atoms with E-state index in [0.717, 1.165) is 22.4 Å². The van der Waals surface area contributed by atoms with E-state index in [1.807, 2.05) is 42.5 Å². The average molecular weight is 435 g/mol. The van der Waals surface area contributed by atoms with Crippen LogP contribution in [0.1, 0.15) is 5.56 Å². The lowest BCUT2D eigenvalue weighted by Crippen LogP contribution is -2.02. The monoisotopic (exact) mass is 432 g/mol. The maximum atomic E-state index is 5.84. The quantitative estimate of drug-likeness (QED) is 0.499. The number of hydrogen-bond donors (Lipinski definition) is 2. The summed E-state index contributed by atoms with van der Waals surface area (Å²) >= 11 is 10.6. The Kier molecular flexibility index (Phi) is 4.04. The molecule has 0 amide bonds. The molecule has 0 spiro atoms. The zero-order valence-corrected chi connectivity index (χ0v) is 14.1. The van der Waals surface area contributed by atoms with Crippen molar-refractivity contribution in [2.45, 2.75) is 2.14 Å². The van der Waals surface area contributed by atoms with Gasteiger partial charge in [0, 0.05) is 11.4 Å². The molecule has 0 saturated heterocycles. The minimum atomic E-state index is -0.501. The number of halogens is 3. The standard InChI is InChI=1S/C13H11Br3N2/c14-13(15,16)12-7-10(18)5-6-11(12)8-1-3-9(17)4-2-8/h1-7H,17-18H2. The first-order valence-corrected chi connectivity index (χ1v) is 7.58. The van der Waals surface area contributed by atoms with E-state index in [-0.39, 0.29) is 0 Å². The molecule has 94 valence electrons. The Hall–Kier alpha value is -0.520. The molecule has 2 nitrogen and oxygen atoms in total. The maximum Gasteiger partial charge on any atom is 0.160 e. The summed E-state index contributed by atoms with van der Waals surface area (Å²) in [5.74, 6) is 0. The summed E-state index contributed by atoms with van der Waals surface area (Å²) in [6.07, 6.45) is 0. The lowest BCUT2D eigenvalue weighted by atomic mass is 10.00. The first-order chi connectivity index (χ1) is 8.38. The Bertz CT molecular complexity index is 559. The number of nitrogens with two attached hydrogens (primary N) is 2. The van der Waals surface area contributed by atoms with Crippen molar-refractivity contribution >= 4 is 59.2 Å². The molecule has 0 aliphatic carbocycles. The Balaban J connectivity index is 2.60. The second kappa shape index (κ2) is 5.23. The Morgan fingerprint density at radius 2 is 1.33 bits per heavy atom. The van der Waals surface area contributed by atoms with E-state index in [2.05, 4.69) is 47.8 Å². The van der Waals surface area contributed by atoms with Crippen LogP contribution in [-0.4, -0.2) is 0 Å². The summed E-state index contributed by atoms with van der Waals surface area (Å²) in [5, 5.41) is 0. The number of rotatable bonds is 1. The molecule has 0 fully saturated rings. The largest absolute Gasteiger partial charge is 0.399 e. The van der Waals surface area contributed by atoms with E-state index >= 15 is 0 Å². The van der Waals surface area contributed by atoms with Gasteiger partial charge in [0.1, 0.15) is 0 Å². The third-order valence-corrected chi connectivity index (χ3v) is 3.85. The van der Waals surface area contributed by atoms with Crippen molar-refractivity contribution in [3.8, 4) is 11.1 Å². The second-order valence-electron chi connectivity index (χ2n) is 3.92. The molecular weight excluding hydrogens is 424 g/mol. The molecule has 2 aromatic rings. The topological polar surface area (TPSA) is 52.0 Å². The molecule has 2 aromatic carbocycles. The number of hydrogen-bond acceptors (Lipinski definition) is 2. The third-order valence-electron chi connectivity index (χ3n) is 2.57. The highest BCUT2D eigenvalue weighted by atomic mass is 80.0. The zero-order chi connectivity index (χ0) is 13.3. The molecule has 18 heavy (non-hydrogen) atoms. The van der Waals surface area contributed by atoms with Crippen LogP contribution in [0, 0.1) is 0 Å². The van der Waals surface area contributed by atoms with E-state index < -0.39 is 2.14 Å². The van der Waals surface area contributed by atoms with Gasteiger partial charge in [-0.25, -0.2) is 0 Å². The minimum absolute atomic E-state index is 0.501. The van der Waals surface area contributed by atoms with Crippen LogP contribution in [0.5, 0.6) is 0 Å². The summed E-state index contributed by atoms with van der Waals surface area (Å²) in [7, 11) is 0. The zero-order valence-electron chi connectivity index (χ0n) is 9.33. The van der Waals surface area contributed by atoms with E-state index in [9.17, 15) is 0 Å². The molecule has 0 unspecified atom stereocenters. The van der Waals surface area contributed by atoms with Crippen LogP contribution in [0.4, 0.5) is 11.4 Å². The number of nitrogen functional groups attached to an aromatic ring is 2. The summed E-state index contributed by atoms with van der Waals surface area (Å²) in [5.41, 5.74) is 16.2. The smallest absolute Gasteiger partial charge is 0.160 e. The second-order valence-corrected chi connectivity index (χ2v) is 10.7.